The molecule has 1 nitrogen and oxygen atoms in total. The van der Waals surface area contributed by atoms with Crippen LogP contribution in [-0.2, 0) is 6.18 Å². The third-order valence-corrected chi connectivity index (χ3v) is 6.34. The Morgan fingerprint density at radius 3 is 2.20 bits per heavy atom. The summed E-state index contributed by atoms with van der Waals surface area (Å²) in [6.07, 6.45) is 4.93. The van der Waals surface area contributed by atoms with Gasteiger partial charge in [-0.05, 0) is 48.6 Å². The predicted molar refractivity (Wildman–Crippen MR) is 111 cm³/mol. The van der Waals surface area contributed by atoms with Gasteiger partial charge in [-0.2, -0.15) is 13.2 Å². The maximum absolute atomic E-state index is 14.6. The minimum atomic E-state index is -4.92. The van der Waals surface area contributed by atoms with Crippen molar-refractivity contribution in [3.63, 3.8) is 0 Å². The molecular formula is C25H28F4O. The van der Waals surface area contributed by atoms with Crippen molar-refractivity contribution in [2.45, 2.75) is 70.4 Å². The molecule has 1 aliphatic carbocycles. The molecule has 1 saturated carbocycles. The molecule has 0 unspecified atom stereocenters. The van der Waals surface area contributed by atoms with Gasteiger partial charge in [-0.15, -0.1) is 0 Å². The summed E-state index contributed by atoms with van der Waals surface area (Å²) in [6.45, 7) is 2.22. The van der Waals surface area contributed by atoms with Crippen molar-refractivity contribution in [3.8, 4) is 11.1 Å². The summed E-state index contributed by atoms with van der Waals surface area (Å²) >= 11 is 0. The van der Waals surface area contributed by atoms with Crippen LogP contribution in [-0.4, -0.2) is 6.29 Å². The van der Waals surface area contributed by atoms with E-state index in [0.29, 0.717) is 11.5 Å². The molecule has 30 heavy (non-hydrogen) atoms. The number of unbranched alkanes of at least 4 members (excludes halogenated alkanes) is 2. The van der Waals surface area contributed by atoms with Crippen molar-refractivity contribution in [1.82, 2.24) is 0 Å². The lowest BCUT2D eigenvalue weighted by Gasteiger charge is -2.29. The van der Waals surface area contributed by atoms with Gasteiger partial charge in [0.2, 0.25) is 0 Å². The van der Waals surface area contributed by atoms with Crippen LogP contribution in [0.1, 0.15) is 85.7 Å². The fourth-order valence-electron chi connectivity index (χ4n) is 4.60. The van der Waals surface area contributed by atoms with Gasteiger partial charge >= 0.3 is 6.18 Å². The molecule has 1 aliphatic rings. The van der Waals surface area contributed by atoms with Crippen LogP contribution in [0.4, 0.5) is 17.6 Å². The number of rotatable bonds is 7. The average Bonchev–Trinajstić information content (AvgIpc) is 2.73. The lowest BCUT2D eigenvalue weighted by atomic mass is 9.77. The van der Waals surface area contributed by atoms with Crippen LogP contribution in [0.15, 0.2) is 36.4 Å². The van der Waals surface area contributed by atoms with Gasteiger partial charge in [0.1, 0.15) is 11.4 Å². The third kappa shape index (κ3) is 5.11. The number of aldehydes is 1. The number of alkyl halides is 3. The van der Waals surface area contributed by atoms with E-state index in [-0.39, 0.29) is 11.8 Å². The highest BCUT2D eigenvalue weighted by molar-refractivity contribution is 5.80. The molecule has 0 saturated heterocycles. The fraction of sp³-hybridized carbons (Fsp3) is 0.480. The van der Waals surface area contributed by atoms with Gasteiger partial charge in [-0.1, -0.05) is 69.0 Å². The molecule has 0 atom stereocenters. The zero-order valence-corrected chi connectivity index (χ0v) is 17.3. The van der Waals surface area contributed by atoms with E-state index in [1.807, 2.05) is 12.1 Å². The Morgan fingerprint density at radius 1 is 0.967 bits per heavy atom. The first-order chi connectivity index (χ1) is 14.3. The number of carbonyl (C=O) groups excluding carboxylic acids is 1. The Kier molecular flexibility index (Phi) is 7.32. The number of halogens is 4. The van der Waals surface area contributed by atoms with Crippen LogP contribution in [0, 0.1) is 11.7 Å². The number of benzene rings is 2. The van der Waals surface area contributed by atoms with E-state index < -0.39 is 23.1 Å². The molecule has 1 fully saturated rings. The molecule has 2 aromatic rings. The summed E-state index contributed by atoms with van der Waals surface area (Å²) in [5.74, 6) is -0.139. The number of hydrogen-bond donors (Lipinski definition) is 0. The Hall–Kier alpha value is -2.17. The average molecular weight is 420 g/mol. The van der Waals surface area contributed by atoms with Crippen molar-refractivity contribution in [2.75, 3.05) is 0 Å². The van der Waals surface area contributed by atoms with Gasteiger partial charge < -0.3 is 0 Å². The Balaban J connectivity index is 1.73. The van der Waals surface area contributed by atoms with Gasteiger partial charge in [-0.3, -0.25) is 4.79 Å². The lowest BCUT2D eigenvalue weighted by Crippen LogP contribution is -2.13. The van der Waals surface area contributed by atoms with Crippen molar-refractivity contribution in [1.29, 1.82) is 0 Å². The van der Waals surface area contributed by atoms with Crippen LogP contribution in [0.3, 0.4) is 0 Å². The fourth-order valence-corrected chi connectivity index (χ4v) is 4.60. The summed E-state index contributed by atoms with van der Waals surface area (Å²) in [5.41, 5.74) is -0.783. The normalized spacial score (nSPS) is 19.6. The van der Waals surface area contributed by atoms with E-state index in [0.717, 1.165) is 30.4 Å². The maximum atomic E-state index is 14.6. The van der Waals surface area contributed by atoms with E-state index >= 15 is 0 Å². The molecular weight excluding hydrogens is 392 g/mol. The summed E-state index contributed by atoms with van der Waals surface area (Å²) in [4.78, 5) is 10.9. The van der Waals surface area contributed by atoms with Crippen molar-refractivity contribution in [3.05, 3.63) is 58.9 Å². The lowest BCUT2D eigenvalue weighted by molar-refractivity contribution is -0.140. The van der Waals surface area contributed by atoms with Crippen molar-refractivity contribution < 1.29 is 22.4 Å². The van der Waals surface area contributed by atoms with E-state index in [4.69, 9.17) is 0 Å². The van der Waals surface area contributed by atoms with E-state index in [1.165, 1.54) is 44.6 Å². The molecule has 162 valence electrons. The van der Waals surface area contributed by atoms with Gasteiger partial charge in [-0.25, -0.2) is 4.39 Å². The molecule has 0 heterocycles. The topological polar surface area (TPSA) is 17.1 Å². The third-order valence-electron chi connectivity index (χ3n) is 6.34. The quantitative estimate of drug-likeness (QED) is 0.251. The maximum Gasteiger partial charge on any atom is 0.419 e. The second-order valence-corrected chi connectivity index (χ2v) is 8.34. The minimum absolute atomic E-state index is 0.0391. The largest absolute Gasteiger partial charge is 0.419 e. The van der Waals surface area contributed by atoms with Gasteiger partial charge in [0.25, 0.3) is 0 Å². The van der Waals surface area contributed by atoms with Crippen LogP contribution >= 0.6 is 0 Å². The second-order valence-electron chi connectivity index (χ2n) is 8.34. The van der Waals surface area contributed by atoms with E-state index in [1.54, 1.807) is 12.1 Å². The van der Waals surface area contributed by atoms with E-state index in [9.17, 15) is 22.4 Å². The highest BCUT2D eigenvalue weighted by Gasteiger charge is 2.38. The molecule has 0 aliphatic heterocycles. The molecule has 0 spiro atoms. The first kappa shape index (κ1) is 22.5. The smallest absolute Gasteiger partial charge is 0.298 e. The number of hydrogen-bond acceptors (Lipinski definition) is 1. The first-order valence-corrected chi connectivity index (χ1v) is 10.8. The minimum Gasteiger partial charge on any atom is -0.298 e. The monoisotopic (exact) mass is 420 g/mol. The zero-order valence-electron chi connectivity index (χ0n) is 17.3. The van der Waals surface area contributed by atoms with Crippen LogP contribution in [0.25, 0.3) is 11.1 Å². The molecule has 5 heteroatoms. The van der Waals surface area contributed by atoms with Gasteiger partial charge in [0, 0.05) is 11.1 Å². The zero-order chi connectivity index (χ0) is 21.7. The highest BCUT2D eigenvalue weighted by Crippen LogP contribution is 2.40. The molecule has 0 amide bonds. The summed E-state index contributed by atoms with van der Waals surface area (Å²) < 4.78 is 54.3. The Morgan fingerprint density at radius 2 is 1.63 bits per heavy atom. The van der Waals surface area contributed by atoms with Gasteiger partial charge in [0.15, 0.2) is 6.29 Å². The second kappa shape index (κ2) is 9.76. The summed E-state index contributed by atoms with van der Waals surface area (Å²) in [6, 6.07) is 9.44. The SMILES string of the molecule is CCCCCC1CCC(c2ccc(-c3ccc(C=O)c(C(F)(F)F)c3F)cc2)CC1. The molecule has 0 N–H and O–H groups in total. The Labute approximate surface area is 175 Å². The molecule has 0 aromatic heterocycles. The molecule has 2 aromatic carbocycles. The van der Waals surface area contributed by atoms with E-state index in [2.05, 4.69) is 6.92 Å². The summed E-state index contributed by atoms with van der Waals surface area (Å²) in [7, 11) is 0. The molecule has 0 bridgehead atoms. The van der Waals surface area contributed by atoms with Crippen molar-refractivity contribution in [2.24, 2.45) is 5.92 Å². The first-order valence-electron chi connectivity index (χ1n) is 10.8. The predicted octanol–water partition coefficient (Wildman–Crippen LogP) is 8.18. The molecule has 0 radical (unpaired) electrons. The highest BCUT2D eigenvalue weighted by atomic mass is 19.4. The van der Waals surface area contributed by atoms with Crippen molar-refractivity contribution >= 4 is 6.29 Å². The van der Waals surface area contributed by atoms with Crippen LogP contribution < -0.4 is 0 Å². The van der Waals surface area contributed by atoms with Crippen LogP contribution in [0.2, 0.25) is 0 Å². The van der Waals surface area contributed by atoms with Crippen LogP contribution in [0.5, 0.6) is 0 Å². The molecule has 3 rings (SSSR count). The standard InChI is InChI=1S/C25H28F4O/c1-2-3-4-5-17-6-8-18(9-7-17)19-10-12-20(13-11-19)22-15-14-21(16-30)23(24(22)26)25(27,28)29/h10-18H,2-9H2,1H3. The summed E-state index contributed by atoms with van der Waals surface area (Å²) in [5, 5.41) is 0. The number of carbonyl (C=O) groups is 1. The Bertz CT molecular complexity index is 847. The van der Waals surface area contributed by atoms with Gasteiger partial charge in [0.05, 0.1) is 0 Å².